The molecule has 0 amide bonds. The Morgan fingerprint density at radius 2 is 1.15 bits per heavy atom. The minimum atomic E-state index is -2.67. The summed E-state index contributed by atoms with van der Waals surface area (Å²) in [5, 5.41) is 0. The Hall–Kier alpha value is -0.160. The van der Waals surface area contributed by atoms with Crippen molar-refractivity contribution in [2.45, 2.75) is 13.8 Å². The summed E-state index contributed by atoms with van der Waals surface area (Å²) in [7, 11) is -3.28. The lowest BCUT2D eigenvalue weighted by atomic mass is 10.4. The van der Waals surface area contributed by atoms with Crippen LogP contribution in [0.4, 0.5) is 0 Å². The van der Waals surface area contributed by atoms with Crippen molar-refractivity contribution >= 4 is 20.6 Å². The first-order valence-electron chi connectivity index (χ1n) is 3.49. The maximum atomic E-state index is 9.63. The van der Waals surface area contributed by atoms with E-state index in [4.69, 9.17) is 0 Å². The number of allylic oxidation sites excluding steroid dienone is 1. The summed E-state index contributed by atoms with van der Waals surface area (Å²) in [5.41, 5.74) is 1.17. The van der Waals surface area contributed by atoms with Gasteiger partial charge < -0.3 is 0 Å². The van der Waals surface area contributed by atoms with E-state index in [1.807, 2.05) is 13.8 Å². The maximum Gasteiger partial charge on any atom is 0.144 e. The van der Waals surface area contributed by atoms with Gasteiger partial charge in [0.05, 0.1) is 0 Å². The fourth-order valence-corrected chi connectivity index (χ4v) is 0. The smallest absolute Gasteiger partial charge is 0.144 e. The molecule has 0 aliphatic rings. The topological polar surface area (TPSA) is 51.2 Å². The fraction of sp³-hybridized carbons (Fsp3) is 0.750. The predicted octanol–water partition coefficient (Wildman–Crippen LogP) is 1.24. The van der Waals surface area contributed by atoms with E-state index >= 15 is 0 Å². The average molecular weight is 228 g/mol. The third-order valence-electron chi connectivity index (χ3n) is 0. The summed E-state index contributed by atoms with van der Waals surface area (Å²) in [6, 6.07) is 0. The van der Waals surface area contributed by atoms with Crippen LogP contribution >= 0.6 is 0 Å². The van der Waals surface area contributed by atoms with Crippen LogP contribution in [0.5, 0.6) is 0 Å². The van der Waals surface area contributed by atoms with Crippen molar-refractivity contribution in [3.63, 3.8) is 0 Å². The average Bonchev–Trinajstić information content (AvgIpc) is 1.50. The molecule has 0 aromatic heterocycles. The minimum absolute atomic E-state index is 0.611. The van der Waals surface area contributed by atoms with E-state index in [2.05, 4.69) is 6.58 Å². The van der Waals surface area contributed by atoms with Gasteiger partial charge in [0, 0.05) is 35.8 Å². The zero-order chi connectivity index (χ0) is 11.7. The third-order valence-corrected chi connectivity index (χ3v) is 0. The molecule has 0 saturated heterocycles. The SMILES string of the molecule is C=C(C)C.CS(C)(=O)=O.CS(C)=O. The number of hydrogen-bond acceptors (Lipinski definition) is 3. The van der Waals surface area contributed by atoms with Crippen molar-refractivity contribution in [1.82, 2.24) is 0 Å². The zero-order valence-corrected chi connectivity index (χ0v) is 10.9. The summed E-state index contributed by atoms with van der Waals surface area (Å²) in [6.07, 6.45) is 5.60. The van der Waals surface area contributed by atoms with Crippen molar-refractivity contribution in [3.05, 3.63) is 12.2 Å². The van der Waals surface area contributed by atoms with Crippen LogP contribution in [-0.2, 0) is 20.6 Å². The van der Waals surface area contributed by atoms with Gasteiger partial charge in [-0.1, -0.05) is 5.57 Å². The van der Waals surface area contributed by atoms with Gasteiger partial charge in [0.1, 0.15) is 9.84 Å². The van der Waals surface area contributed by atoms with Gasteiger partial charge >= 0.3 is 0 Å². The molecule has 0 fully saturated rings. The second-order valence-electron chi connectivity index (χ2n) is 3.09. The van der Waals surface area contributed by atoms with E-state index in [0.29, 0.717) is 0 Å². The van der Waals surface area contributed by atoms with Crippen LogP contribution in [0.15, 0.2) is 12.2 Å². The van der Waals surface area contributed by atoms with Gasteiger partial charge in [0.2, 0.25) is 0 Å². The van der Waals surface area contributed by atoms with E-state index in [1.54, 1.807) is 12.5 Å². The van der Waals surface area contributed by atoms with Gasteiger partial charge in [-0.05, 0) is 13.8 Å². The Bertz CT molecular complexity index is 212. The van der Waals surface area contributed by atoms with Gasteiger partial charge in [-0.2, -0.15) is 0 Å². The molecule has 0 rings (SSSR count). The molecule has 0 saturated carbocycles. The quantitative estimate of drug-likeness (QED) is 0.586. The van der Waals surface area contributed by atoms with E-state index in [0.717, 1.165) is 12.5 Å². The van der Waals surface area contributed by atoms with Crippen LogP contribution in [0.3, 0.4) is 0 Å². The van der Waals surface area contributed by atoms with Crippen LogP contribution in [0.25, 0.3) is 0 Å². The predicted molar refractivity (Wildman–Crippen MR) is 61.2 cm³/mol. The molecule has 0 aliphatic heterocycles. The highest BCUT2D eigenvalue weighted by atomic mass is 32.2. The van der Waals surface area contributed by atoms with Gasteiger partial charge in [0.25, 0.3) is 0 Å². The van der Waals surface area contributed by atoms with Crippen molar-refractivity contribution < 1.29 is 12.6 Å². The molecule has 0 unspecified atom stereocenters. The van der Waals surface area contributed by atoms with Crippen molar-refractivity contribution in [2.75, 3.05) is 25.0 Å². The lowest BCUT2D eigenvalue weighted by molar-refractivity contribution is 0.607. The van der Waals surface area contributed by atoms with E-state index in [9.17, 15) is 12.6 Å². The van der Waals surface area contributed by atoms with Crippen LogP contribution in [0.2, 0.25) is 0 Å². The highest BCUT2D eigenvalue weighted by Crippen LogP contribution is 1.73. The van der Waals surface area contributed by atoms with Crippen molar-refractivity contribution in [1.29, 1.82) is 0 Å². The lowest BCUT2D eigenvalue weighted by Gasteiger charge is -1.69. The first kappa shape index (κ1) is 18.6. The highest BCUT2D eigenvalue weighted by Gasteiger charge is 1.79. The van der Waals surface area contributed by atoms with Gasteiger partial charge in [-0.15, -0.1) is 6.58 Å². The molecular weight excluding hydrogens is 208 g/mol. The molecule has 0 heterocycles. The maximum absolute atomic E-state index is 9.63. The normalized spacial score (nSPS) is 9.15. The molecule has 0 atom stereocenters. The van der Waals surface area contributed by atoms with Crippen LogP contribution in [0.1, 0.15) is 13.8 Å². The molecule has 82 valence electrons. The Morgan fingerprint density at radius 3 is 1.15 bits per heavy atom. The Labute approximate surface area is 84.6 Å². The summed E-state index contributed by atoms with van der Waals surface area (Å²) >= 11 is 0. The second kappa shape index (κ2) is 9.92. The molecule has 0 spiro atoms. The van der Waals surface area contributed by atoms with Gasteiger partial charge in [-0.25, -0.2) is 8.42 Å². The number of hydrogen-bond donors (Lipinski definition) is 0. The molecule has 5 heteroatoms. The first-order chi connectivity index (χ1) is 5.46. The third kappa shape index (κ3) is 44800. The molecule has 0 radical (unpaired) electrons. The standard InChI is InChI=1S/C4H8.C2H6O2S.C2H6OS/c1-4(2)3;1-5(2,3)4;1-4(2)3/h1H2,2-3H3;1-2H3;1-2H3. The monoisotopic (exact) mass is 228 g/mol. The van der Waals surface area contributed by atoms with Gasteiger partial charge in [-0.3, -0.25) is 4.21 Å². The first-order valence-corrected chi connectivity index (χ1v) is 7.75. The molecule has 0 aromatic carbocycles. The van der Waals surface area contributed by atoms with E-state index < -0.39 is 20.6 Å². The van der Waals surface area contributed by atoms with Crippen molar-refractivity contribution in [2.24, 2.45) is 0 Å². The van der Waals surface area contributed by atoms with E-state index in [1.165, 1.54) is 5.57 Å². The zero-order valence-electron chi connectivity index (χ0n) is 9.25. The molecule has 13 heavy (non-hydrogen) atoms. The molecular formula is C8H20O3S2. The van der Waals surface area contributed by atoms with E-state index in [-0.39, 0.29) is 0 Å². The lowest BCUT2D eigenvalue weighted by Crippen LogP contribution is -1.86. The van der Waals surface area contributed by atoms with Crippen LogP contribution in [-0.4, -0.2) is 37.6 Å². The Morgan fingerprint density at radius 1 is 1.15 bits per heavy atom. The minimum Gasteiger partial charge on any atom is -0.260 e. The Balaban J connectivity index is -0.000000117. The summed E-state index contributed by atoms with van der Waals surface area (Å²) in [6.45, 7) is 7.50. The van der Waals surface area contributed by atoms with Crippen LogP contribution < -0.4 is 0 Å². The molecule has 0 aromatic rings. The summed E-state index contributed by atoms with van der Waals surface area (Å²) < 4.78 is 28.8. The molecule has 3 nitrogen and oxygen atoms in total. The fourth-order valence-electron chi connectivity index (χ4n) is 0. The molecule has 0 aliphatic carbocycles. The Kier molecular flexibility index (Phi) is 14.2. The largest absolute Gasteiger partial charge is 0.260 e. The van der Waals surface area contributed by atoms with Gasteiger partial charge in [0.15, 0.2) is 0 Å². The number of rotatable bonds is 0. The highest BCUT2D eigenvalue weighted by molar-refractivity contribution is 7.89. The number of sulfone groups is 1. The van der Waals surface area contributed by atoms with Crippen LogP contribution in [0, 0.1) is 0 Å². The van der Waals surface area contributed by atoms with Crippen molar-refractivity contribution in [3.8, 4) is 0 Å². The summed E-state index contributed by atoms with van der Waals surface area (Å²) in [4.78, 5) is 0. The summed E-state index contributed by atoms with van der Waals surface area (Å²) in [5.74, 6) is 0. The second-order valence-corrected chi connectivity index (χ2v) is 6.86. The molecule has 0 bridgehead atoms. The molecule has 0 N–H and O–H groups in total.